The SMILES string of the molecule is Cc1nc(S(=O)(=O)NCC(N2CCNCC2)C(F)(F)F)sc1C.Cl. The van der Waals surface area contributed by atoms with Crippen molar-refractivity contribution in [2.75, 3.05) is 32.7 Å². The number of nitrogens with zero attached hydrogens (tertiary/aromatic N) is 2. The zero-order chi connectivity index (χ0) is 17.3. The van der Waals surface area contributed by atoms with Crippen LogP contribution in [0.2, 0.25) is 0 Å². The smallest absolute Gasteiger partial charge is 0.314 e. The summed E-state index contributed by atoms with van der Waals surface area (Å²) >= 11 is 0.950. The Labute approximate surface area is 149 Å². The molecule has 2 rings (SSSR count). The summed E-state index contributed by atoms with van der Waals surface area (Å²) in [6.45, 7) is 4.00. The van der Waals surface area contributed by atoms with Crippen LogP contribution in [-0.4, -0.2) is 63.2 Å². The van der Waals surface area contributed by atoms with Crippen LogP contribution in [0.5, 0.6) is 0 Å². The molecule has 0 radical (unpaired) electrons. The van der Waals surface area contributed by atoms with Gasteiger partial charge in [0.25, 0.3) is 10.0 Å². The van der Waals surface area contributed by atoms with Gasteiger partial charge in [0.05, 0.1) is 5.69 Å². The lowest BCUT2D eigenvalue weighted by atomic mass is 10.2. The number of aryl methyl sites for hydroxylation is 2. The van der Waals surface area contributed by atoms with E-state index in [1.807, 2.05) is 0 Å². The summed E-state index contributed by atoms with van der Waals surface area (Å²) in [4.78, 5) is 5.87. The normalized spacial score (nSPS) is 18.2. The topological polar surface area (TPSA) is 74.3 Å². The van der Waals surface area contributed by atoms with Crippen molar-refractivity contribution in [3.05, 3.63) is 10.6 Å². The van der Waals surface area contributed by atoms with Gasteiger partial charge in [-0.1, -0.05) is 0 Å². The van der Waals surface area contributed by atoms with Crippen molar-refractivity contribution in [1.82, 2.24) is 19.9 Å². The highest BCUT2D eigenvalue weighted by atomic mass is 35.5. The molecule has 1 unspecified atom stereocenters. The van der Waals surface area contributed by atoms with Gasteiger partial charge in [0.15, 0.2) is 0 Å². The lowest BCUT2D eigenvalue weighted by Gasteiger charge is -2.35. The molecule has 1 aromatic heterocycles. The Morgan fingerprint density at radius 2 is 1.92 bits per heavy atom. The summed E-state index contributed by atoms with van der Waals surface area (Å²) in [6, 6.07) is -1.85. The third-order valence-electron chi connectivity index (χ3n) is 3.68. The molecule has 0 aliphatic carbocycles. The van der Waals surface area contributed by atoms with Crippen molar-refractivity contribution < 1.29 is 21.6 Å². The predicted molar refractivity (Wildman–Crippen MR) is 88.3 cm³/mol. The highest BCUT2D eigenvalue weighted by Crippen LogP contribution is 2.26. The molecule has 0 aromatic carbocycles. The third kappa shape index (κ3) is 5.27. The molecule has 24 heavy (non-hydrogen) atoms. The largest absolute Gasteiger partial charge is 0.405 e. The fraction of sp³-hybridized carbons (Fsp3) is 0.750. The molecule has 2 heterocycles. The number of piperazine rings is 1. The maximum absolute atomic E-state index is 13.2. The van der Waals surface area contributed by atoms with Crippen LogP contribution in [0.25, 0.3) is 0 Å². The lowest BCUT2D eigenvalue weighted by molar-refractivity contribution is -0.182. The molecule has 0 amide bonds. The minimum Gasteiger partial charge on any atom is -0.314 e. The fourth-order valence-electron chi connectivity index (χ4n) is 2.25. The van der Waals surface area contributed by atoms with Gasteiger partial charge in [-0.25, -0.2) is 18.1 Å². The van der Waals surface area contributed by atoms with Crippen molar-refractivity contribution in [3.63, 3.8) is 0 Å². The molecule has 140 valence electrons. The summed E-state index contributed by atoms with van der Waals surface area (Å²) in [7, 11) is -4.04. The number of thiazole rings is 1. The van der Waals surface area contributed by atoms with Crippen LogP contribution in [0.3, 0.4) is 0 Å². The summed E-state index contributed by atoms with van der Waals surface area (Å²) in [5, 5.41) is 2.97. The number of rotatable bonds is 5. The number of aromatic nitrogens is 1. The number of nitrogens with one attached hydrogen (secondary N) is 2. The quantitative estimate of drug-likeness (QED) is 0.768. The van der Waals surface area contributed by atoms with Crippen LogP contribution in [0.1, 0.15) is 10.6 Å². The van der Waals surface area contributed by atoms with E-state index in [1.54, 1.807) is 13.8 Å². The Kier molecular flexibility index (Phi) is 7.45. The second kappa shape index (κ2) is 8.28. The molecule has 1 saturated heterocycles. The van der Waals surface area contributed by atoms with Gasteiger partial charge < -0.3 is 5.32 Å². The van der Waals surface area contributed by atoms with Gasteiger partial charge >= 0.3 is 6.18 Å². The molecule has 12 heteroatoms. The third-order valence-corrected chi connectivity index (χ3v) is 6.55. The summed E-state index contributed by atoms with van der Waals surface area (Å²) in [5.74, 6) is 0. The van der Waals surface area contributed by atoms with E-state index in [2.05, 4.69) is 15.0 Å². The maximum Gasteiger partial charge on any atom is 0.405 e. The fourth-order valence-corrected chi connectivity index (χ4v) is 4.64. The van der Waals surface area contributed by atoms with Crippen LogP contribution in [0, 0.1) is 13.8 Å². The van der Waals surface area contributed by atoms with Crippen molar-refractivity contribution in [3.8, 4) is 0 Å². The molecular formula is C12H20ClF3N4O2S2. The molecule has 2 N–H and O–H groups in total. The van der Waals surface area contributed by atoms with E-state index in [4.69, 9.17) is 0 Å². The Morgan fingerprint density at radius 1 is 1.33 bits per heavy atom. The zero-order valence-electron chi connectivity index (χ0n) is 13.2. The number of sulfonamides is 1. The first kappa shape index (κ1) is 21.6. The Bertz CT molecular complexity index is 626. The molecule has 1 atom stereocenters. The highest BCUT2D eigenvalue weighted by Gasteiger charge is 2.44. The molecule has 6 nitrogen and oxygen atoms in total. The Hall–Kier alpha value is -0.460. The van der Waals surface area contributed by atoms with Gasteiger partial charge in [0.1, 0.15) is 6.04 Å². The van der Waals surface area contributed by atoms with Crippen LogP contribution >= 0.6 is 23.7 Å². The summed E-state index contributed by atoms with van der Waals surface area (Å²) < 4.78 is 65.9. The minimum absolute atomic E-state index is 0. The summed E-state index contributed by atoms with van der Waals surface area (Å²) in [6.07, 6.45) is -4.51. The first-order valence-electron chi connectivity index (χ1n) is 7.06. The van der Waals surface area contributed by atoms with E-state index in [0.29, 0.717) is 18.8 Å². The molecule has 0 bridgehead atoms. The van der Waals surface area contributed by atoms with Gasteiger partial charge in [-0.2, -0.15) is 13.2 Å². The van der Waals surface area contributed by atoms with Crippen LogP contribution in [-0.2, 0) is 10.0 Å². The van der Waals surface area contributed by atoms with Crippen molar-refractivity contribution in [2.24, 2.45) is 0 Å². The first-order chi connectivity index (χ1) is 10.6. The molecular weight excluding hydrogens is 389 g/mol. The average molecular weight is 409 g/mol. The second-order valence-electron chi connectivity index (χ2n) is 5.32. The van der Waals surface area contributed by atoms with E-state index in [-0.39, 0.29) is 29.8 Å². The van der Waals surface area contributed by atoms with E-state index in [9.17, 15) is 21.6 Å². The van der Waals surface area contributed by atoms with Gasteiger partial charge in [-0.05, 0) is 13.8 Å². The van der Waals surface area contributed by atoms with Crippen LogP contribution < -0.4 is 10.0 Å². The second-order valence-corrected chi connectivity index (χ2v) is 8.46. The number of alkyl halides is 3. The van der Waals surface area contributed by atoms with E-state index >= 15 is 0 Å². The van der Waals surface area contributed by atoms with E-state index < -0.39 is 28.8 Å². The number of hydrogen-bond acceptors (Lipinski definition) is 6. The maximum atomic E-state index is 13.2. The van der Waals surface area contributed by atoms with E-state index in [1.165, 1.54) is 4.90 Å². The Balaban J connectivity index is 0.00000288. The number of halogens is 4. The molecule has 0 saturated carbocycles. The van der Waals surface area contributed by atoms with Crippen molar-refractivity contribution in [2.45, 2.75) is 30.4 Å². The van der Waals surface area contributed by atoms with Gasteiger partial charge in [-0.3, -0.25) is 4.90 Å². The minimum atomic E-state index is -4.51. The standard InChI is InChI=1S/C12H19F3N4O2S2.ClH/c1-8-9(2)22-11(18-8)23(20,21)17-7-10(12(13,14)15)19-5-3-16-4-6-19;/h10,16-17H,3-7H2,1-2H3;1H. The molecule has 0 spiro atoms. The van der Waals surface area contributed by atoms with E-state index in [0.717, 1.165) is 16.2 Å². The van der Waals surface area contributed by atoms with Gasteiger partial charge in [-0.15, -0.1) is 23.7 Å². The van der Waals surface area contributed by atoms with Crippen LogP contribution in [0.4, 0.5) is 13.2 Å². The number of hydrogen-bond donors (Lipinski definition) is 2. The van der Waals surface area contributed by atoms with Crippen molar-refractivity contribution in [1.29, 1.82) is 0 Å². The zero-order valence-corrected chi connectivity index (χ0v) is 15.6. The molecule has 1 aliphatic rings. The van der Waals surface area contributed by atoms with Crippen LogP contribution in [0.15, 0.2) is 4.34 Å². The Morgan fingerprint density at radius 3 is 2.38 bits per heavy atom. The molecule has 1 aromatic rings. The molecule has 1 fully saturated rings. The van der Waals surface area contributed by atoms with Gasteiger partial charge in [0.2, 0.25) is 4.34 Å². The predicted octanol–water partition coefficient (Wildman–Crippen LogP) is 1.30. The van der Waals surface area contributed by atoms with Crippen molar-refractivity contribution >= 4 is 33.8 Å². The highest BCUT2D eigenvalue weighted by molar-refractivity contribution is 7.91. The first-order valence-corrected chi connectivity index (χ1v) is 9.36. The summed E-state index contributed by atoms with van der Waals surface area (Å²) in [5.41, 5.74) is 0.560. The molecule has 1 aliphatic heterocycles. The average Bonchev–Trinajstić information content (AvgIpc) is 2.79. The monoisotopic (exact) mass is 408 g/mol. The van der Waals surface area contributed by atoms with Gasteiger partial charge in [0, 0.05) is 37.6 Å². The lowest BCUT2D eigenvalue weighted by Crippen LogP contribution is -2.57.